The first-order chi connectivity index (χ1) is 14.9. The molecule has 1 aliphatic heterocycles. The monoisotopic (exact) mass is 429 g/mol. The van der Waals surface area contributed by atoms with Crippen molar-refractivity contribution in [1.29, 1.82) is 0 Å². The Morgan fingerprint density at radius 2 is 2.13 bits per heavy atom. The Hall–Kier alpha value is -2.94. The number of carbonyl (C=O) groups excluding carboxylic acids is 2. The van der Waals surface area contributed by atoms with Gasteiger partial charge in [0.1, 0.15) is 18.4 Å². The molecule has 9 nitrogen and oxygen atoms in total. The van der Waals surface area contributed by atoms with Gasteiger partial charge >= 0.3 is 0 Å². The summed E-state index contributed by atoms with van der Waals surface area (Å²) < 4.78 is 13.1. The van der Waals surface area contributed by atoms with E-state index < -0.39 is 0 Å². The van der Waals surface area contributed by atoms with Crippen molar-refractivity contribution in [2.75, 3.05) is 33.3 Å². The maximum Gasteiger partial charge on any atom is 0.242 e. The van der Waals surface area contributed by atoms with Gasteiger partial charge in [-0.1, -0.05) is 26.0 Å². The molecule has 0 radical (unpaired) electrons. The van der Waals surface area contributed by atoms with E-state index in [1.54, 1.807) is 23.0 Å². The minimum atomic E-state index is -0.272. The number of hydrogen-bond donors (Lipinski definition) is 0. The Balaban J connectivity index is 1.67. The molecule has 1 aromatic carbocycles. The summed E-state index contributed by atoms with van der Waals surface area (Å²) in [6, 6.07) is 7.69. The van der Waals surface area contributed by atoms with Crippen molar-refractivity contribution >= 4 is 11.8 Å². The van der Waals surface area contributed by atoms with Crippen molar-refractivity contribution in [3.63, 3.8) is 0 Å². The molecule has 31 heavy (non-hydrogen) atoms. The molecule has 2 aromatic rings. The van der Waals surface area contributed by atoms with Gasteiger partial charge in [0.15, 0.2) is 0 Å². The Morgan fingerprint density at radius 3 is 2.84 bits per heavy atom. The molecular weight excluding hydrogens is 398 g/mol. The molecule has 0 spiro atoms. The molecule has 3 rings (SSSR count). The zero-order valence-corrected chi connectivity index (χ0v) is 18.4. The number of benzene rings is 1. The number of aromatic nitrogens is 3. The van der Waals surface area contributed by atoms with Crippen LogP contribution in [0.3, 0.4) is 0 Å². The fourth-order valence-corrected chi connectivity index (χ4v) is 3.58. The minimum Gasteiger partial charge on any atom is -0.497 e. The van der Waals surface area contributed by atoms with Gasteiger partial charge in [-0.05, 0) is 23.6 Å². The predicted octanol–water partition coefficient (Wildman–Crippen LogP) is 1.59. The molecule has 0 aliphatic carbocycles. The standard InChI is InChI=1S/C22H31N5O4/c1-17(2)10-25-11-20(31-14-18-5-4-6-19(9-18)30-3)12-26(13-22(25)29)21(28)7-8-27-16-23-15-24-27/h4-6,9,15-17,20H,7-8,10-14H2,1-3H3/t20-/m0/s1. The maximum atomic E-state index is 12.8. The molecule has 1 atom stereocenters. The zero-order valence-electron chi connectivity index (χ0n) is 18.4. The molecule has 9 heteroatoms. The number of hydrogen-bond acceptors (Lipinski definition) is 6. The second kappa shape index (κ2) is 10.9. The van der Waals surface area contributed by atoms with Gasteiger partial charge < -0.3 is 19.3 Å². The topological polar surface area (TPSA) is 89.8 Å². The van der Waals surface area contributed by atoms with Gasteiger partial charge in [0.05, 0.1) is 32.9 Å². The molecule has 1 saturated heterocycles. The van der Waals surface area contributed by atoms with Crippen molar-refractivity contribution in [2.24, 2.45) is 5.92 Å². The van der Waals surface area contributed by atoms with E-state index in [4.69, 9.17) is 9.47 Å². The first kappa shape index (κ1) is 22.7. The summed E-state index contributed by atoms with van der Waals surface area (Å²) in [4.78, 5) is 33.0. The average Bonchev–Trinajstić information content (AvgIpc) is 3.22. The Morgan fingerprint density at radius 1 is 1.29 bits per heavy atom. The van der Waals surface area contributed by atoms with Crippen molar-refractivity contribution in [3.05, 3.63) is 42.5 Å². The average molecular weight is 430 g/mol. The number of nitrogens with zero attached hydrogens (tertiary/aromatic N) is 5. The van der Waals surface area contributed by atoms with Crippen LogP contribution in [-0.4, -0.2) is 75.8 Å². The number of aryl methyl sites for hydroxylation is 1. The summed E-state index contributed by atoms with van der Waals surface area (Å²) in [5, 5.41) is 4.03. The second-order valence-corrected chi connectivity index (χ2v) is 8.16. The predicted molar refractivity (Wildman–Crippen MR) is 114 cm³/mol. The fraction of sp³-hybridized carbons (Fsp3) is 0.545. The molecule has 1 fully saturated rings. The molecule has 0 bridgehead atoms. The summed E-state index contributed by atoms with van der Waals surface area (Å²) in [7, 11) is 1.63. The lowest BCUT2D eigenvalue weighted by atomic mass is 10.2. The van der Waals surface area contributed by atoms with E-state index in [0.717, 1.165) is 11.3 Å². The Labute approximate surface area is 182 Å². The molecule has 2 amide bonds. The summed E-state index contributed by atoms with van der Waals surface area (Å²) >= 11 is 0. The zero-order chi connectivity index (χ0) is 22.2. The van der Waals surface area contributed by atoms with Crippen LogP contribution >= 0.6 is 0 Å². The van der Waals surface area contributed by atoms with E-state index in [2.05, 4.69) is 23.9 Å². The summed E-state index contributed by atoms with van der Waals surface area (Å²) in [5.41, 5.74) is 0.981. The van der Waals surface area contributed by atoms with Crippen LogP contribution in [0.25, 0.3) is 0 Å². The third-order valence-corrected chi connectivity index (χ3v) is 5.11. The maximum absolute atomic E-state index is 12.8. The van der Waals surface area contributed by atoms with Crippen LogP contribution in [-0.2, 0) is 27.5 Å². The van der Waals surface area contributed by atoms with Gasteiger partial charge in [0, 0.05) is 26.1 Å². The molecule has 168 valence electrons. The van der Waals surface area contributed by atoms with Gasteiger partial charge in [-0.2, -0.15) is 5.10 Å². The lowest BCUT2D eigenvalue weighted by Gasteiger charge is -2.26. The van der Waals surface area contributed by atoms with E-state index in [9.17, 15) is 9.59 Å². The van der Waals surface area contributed by atoms with Crippen LogP contribution in [0.5, 0.6) is 5.75 Å². The first-order valence-electron chi connectivity index (χ1n) is 10.6. The quantitative estimate of drug-likeness (QED) is 0.601. The molecular formula is C22H31N5O4. The Bertz CT molecular complexity index is 855. The molecule has 1 aromatic heterocycles. The normalized spacial score (nSPS) is 17.2. The summed E-state index contributed by atoms with van der Waals surface area (Å²) in [6.07, 6.45) is 2.99. The minimum absolute atomic E-state index is 0.0460. The number of carbonyl (C=O) groups is 2. The van der Waals surface area contributed by atoms with Gasteiger partial charge in [-0.15, -0.1) is 0 Å². The smallest absolute Gasteiger partial charge is 0.242 e. The van der Waals surface area contributed by atoms with Crippen LogP contribution < -0.4 is 4.74 Å². The second-order valence-electron chi connectivity index (χ2n) is 8.16. The number of ether oxygens (including phenoxy) is 2. The molecule has 0 N–H and O–H groups in total. The number of amides is 2. The van der Waals surface area contributed by atoms with Gasteiger partial charge in [0.2, 0.25) is 11.8 Å². The van der Waals surface area contributed by atoms with Gasteiger partial charge in [-0.25, -0.2) is 4.98 Å². The van der Waals surface area contributed by atoms with E-state index in [1.807, 2.05) is 29.2 Å². The third-order valence-electron chi connectivity index (χ3n) is 5.11. The number of methoxy groups -OCH3 is 1. The Kier molecular flexibility index (Phi) is 8.00. The molecule has 2 heterocycles. The highest BCUT2D eigenvalue weighted by atomic mass is 16.5. The third kappa shape index (κ3) is 6.78. The SMILES string of the molecule is COc1cccc(CO[C@@H]2CN(C(=O)CCn3cncn3)CC(=O)N(CC(C)C)C2)c1. The van der Waals surface area contributed by atoms with Crippen molar-refractivity contribution in [3.8, 4) is 5.75 Å². The molecule has 1 aliphatic rings. The lowest BCUT2D eigenvalue weighted by molar-refractivity contribution is -0.139. The lowest BCUT2D eigenvalue weighted by Crippen LogP contribution is -2.40. The largest absolute Gasteiger partial charge is 0.497 e. The van der Waals surface area contributed by atoms with Crippen molar-refractivity contribution < 1.29 is 19.1 Å². The number of rotatable bonds is 9. The van der Waals surface area contributed by atoms with Crippen LogP contribution in [0.2, 0.25) is 0 Å². The van der Waals surface area contributed by atoms with E-state index in [-0.39, 0.29) is 30.9 Å². The fourth-order valence-electron chi connectivity index (χ4n) is 3.58. The summed E-state index contributed by atoms with van der Waals surface area (Å²) in [6.45, 7) is 6.51. The highest BCUT2D eigenvalue weighted by molar-refractivity contribution is 5.85. The first-order valence-corrected chi connectivity index (χ1v) is 10.6. The van der Waals surface area contributed by atoms with Gasteiger partial charge in [-0.3, -0.25) is 14.3 Å². The summed E-state index contributed by atoms with van der Waals surface area (Å²) in [5.74, 6) is 0.960. The van der Waals surface area contributed by atoms with Crippen LogP contribution in [0.1, 0.15) is 25.8 Å². The molecule has 0 saturated carbocycles. The highest BCUT2D eigenvalue weighted by Gasteiger charge is 2.31. The van der Waals surface area contributed by atoms with Crippen LogP contribution in [0.4, 0.5) is 0 Å². The van der Waals surface area contributed by atoms with Crippen LogP contribution in [0, 0.1) is 5.92 Å². The van der Waals surface area contributed by atoms with Gasteiger partial charge in [0.25, 0.3) is 0 Å². The van der Waals surface area contributed by atoms with Crippen LogP contribution in [0.15, 0.2) is 36.9 Å². The van der Waals surface area contributed by atoms with E-state index >= 15 is 0 Å². The van der Waals surface area contributed by atoms with E-state index in [0.29, 0.717) is 38.7 Å². The van der Waals surface area contributed by atoms with Crippen molar-refractivity contribution in [1.82, 2.24) is 24.6 Å². The van der Waals surface area contributed by atoms with E-state index in [1.165, 1.54) is 6.33 Å². The van der Waals surface area contributed by atoms with Crippen molar-refractivity contribution in [2.45, 2.75) is 39.5 Å². The highest BCUT2D eigenvalue weighted by Crippen LogP contribution is 2.17. The molecule has 0 unspecified atom stereocenters.